The summed E-state index contributed by atoms with van der Waals surface area (Å²) < 4.78 is 38.2. The molecular weight excluding hydrogens is 400 g/mol. The standard InChI is InChI=1S/C19H22N2O7S/c1-12(2)28-16-9-4-13(10-17(16)26-3)19(23)27-11-18(22)21-14-5-7-15(8-6-14)29(20,24)25/h4-10,12H,11H2,1-3H3,(H,21,22)(H2,20,24,25). The first-order valence-electron chi connectivity index (χ1n) is 8.54. The number of ether oxygens (including phenoxy) is 3. The molecule has 9 nitrogen and oxygen atoms in total. The van der Waals surface area contributed by atoms with Gasteiger partial charge in [0.25, 0.3) is 5.91 Å². The highest BCUT2D eigenvalue weighted by Gasteiger charge is 2.15. The van der Waals surface area contributed by atoms with Gasteiger partial charge in [0.1, 0.15) is 0 Å². The molecule has 0 atom stereocenters. The summed E-state index contributed by atoms with van der Waals surface area (Å²) in [7, 11) is -2.37. The lowest BCUT2D eigenvalue weighted by atomic mass is 10.2. The number of carbonyl (C=O) groups excluding carboxylic acids is 2. The quantitative estimate of drug-likeness (QED) is 0.621. The van der Waals surface area contributed by atoms with Crippen LogP contribution in [0.15, 0.2) is 47.4 Å². The smallest absolute Gasteiger partial charge is 0.338 e. The van der Waals surface area contributed by atoms with E-state index in [0.717, 1.165) is 0 Å². The van der Waals surface area contributed by atoms with E-state index in [1.54, 1.807) is 6.07 Å². The van der Waals surface area contributed by atoms with Gasteiger partial charge in [0.15, 0.2) is 18.1 Å². The molecule has 0 unspecified atom stereocenters. The third kappa shape index (κ3) is 6.47. The Morgan fingerprint density at radius 3 is 2.28 bits per heavy atom. The predicted octanol–water partition coefficient (Wildman–Crippen LogP) is 1.93. The van der Waals surface area contributed by atoms with Crippen molar-refractivity contribution >= 4 is 27.6 Å². The summed E-state index contributed by atoms with van der Waals surface area (Å²) in [6, 6.07) is 9.81. The number of nitrogens with two attached hydrogens (primary N) is 1. The normalized spacial score (nSPS) is 11.1. The van der Waals surface area contributed by atoms with Gasteiger partial charge in [-0.15, -0.1) is 0 Å². The summed E-state index contributed by atoms with van der Waals surface area (Å²) in [5, 5.41) is 7.49. The molecule has 2 aromatic carbocycles. The number of methoxy groups -OCH3 is 1. The first kappa shape index (κ1) is 22.2. The van der Waals surface area contributed by atoms with E-state index in [2.05, 4.69) is 5.32 Å². The number of amides is 1. The van der Waals surface area contributed by atoms with E-state index in [-0.39, 0.29) is 16.6 Å². The van der Waals surface area contributed by atoms with E-state index in [9.17, 15) is 18.0 Å². The lowest BCUT2D eigenvalue weighted by molar-refractivity contribution is -0.119. The molecule has 0 fully saturated rings. The van der Waals surface area contributed by atoms with E-state index in [1.165, 1.54) is 43.5 Å². The summed E-state index contributed by atoms with van der Waals surface area (Å²) >= 11 is 0. The van der Waals surface area contributed by atoms with Crippen molar-refractivity contribution in [3.8, 4) is 11.5 Å². The average Bonchev–Trinajstić information content (AvgIpc) is 2.65. The molecule has 0 aliphatic rings. The number of hydrogen-bond donors (Lipinski definition) is 2. The number of sulfonamides is 1. The van der Waals surface area contributed by atoms with Crippen LogP contribution >= 0.6 is 0 Å². The number of carbonyl (C=O) groups is 2. The van der Waals surface area contributed by atoms with E-state index in [0.29, 0.717) is 17.2 Å². The highest BCUT2D eigenvalue weighted by molar-refractivity contribution is 7.89. The Hall–Kier alpha value is -3.11. The van der Waals surface area contributed by atoms with Crippen LogP contribution in [0.1, 0.15) is 24.2 Å². The number of esters is 1. The minimum atomic E-state index is -3.82. The van der Waals surface area contributed by atoms with Crippen LogP contribution in [-0.2, 0) is 19.6 Å². The molecule has 0 aliphatic carbocycles. The Balaban J connectivity index is 1.95. The van der Waals surface area contributed by atoms with Gasteiger partial charge in [0.2, 0.25) is 10.0 Å². The van der Waals surface area contributed by atoms with Gasteiger partial charge in [-0.05, 0) is 56.3 Å². The van der Waals surface area contributed by atoms with Crippen LogP contribution in [0, 0.1) is 0 Å². The zero-order valence-electron chi connectivity index (χ0n) is 16.2. The van der Waals surface area contributed by atoms with Crippen molar-refractivity contribution in [2.75, 3.05) is 19.0 Å². The van der Waals surface area contributed by atoms with Crippen molar-refractivity contribution in [3.05, 3.63) is 48.0 Å². The fourth-order valence-corrected chi connectivity index (χ4v) is 2.80. The summed E-state index contributed by atoms with van der Waals surface area (Å²) in [6.45, 7) is 3.20. The summed E-state index contributed by atoms with van der Waals surface area (Å²) in [6.07, 6.45) is -0.0653. The average molecular weight is 422 g/mol. The molecule has 0 radical (unpaired) electrons. The van der Waals surface area contributed by atoms with Crippen LogP contribution in [-0.4, -0.2) is 40.1 Å². The molecular formula is C19H22N2O7S. The van der Waals surface area contributed by atoms with Gasteiger partial charge < -0.3 is 19.5 Å². The van der Waals surface area contributed by atoms with Crippen LogP contribution in [0.5, 0.6) is 11.5 Å². The zero-order chi connectivity index (χ0) is 21.6. The molecule has 0 aromatic heterocycles. The van der Waals surface area contributed by atoms with E-state index in [1.807, 2.05) is 13.8 Å². The van der Waals surface area contributed by atoms with E-state index < -0.39 is 28.5 Å². The molecule has 29 heavy (non-hydrogen) atoms. The predicted molar refractivity (Wildman–Crippen MR) is 105 cm³/mol. The van der Waals surface area contributed by atoms with Gasteiger partial charge in [-0.1, -0.05) is 0 Å². The van der Waals surface area contributed by atoms with Gasteiger partial charge >= 0.3 is 5.97 Å². The van der Waals surface area contributed by atoms with Crippen molar-refractivity contribution in [2.24, 2.45) is 5.14 Å². The van der Waals surface area contributed by atoms with Crippen LogP contribution in [0.3, 0.4) is 0 Å². The van der Waals surface area contributed by atoms with Gasteiger partial charge in [0, 0.05) is 5.69 Å². The summed E-state index contributed by atoms with van der Waals surface area (Å²) in [4.78, 5) is 24.0. The first-order chi connectivity index (χ1) is 13.6. The lowest BCUT2D eigenvalue weighted by Crippen LogP contribution is -2.21. The lowest BCUT2D eigenvalue weighted by Gasteiger charge is -2.14. The fourth-order valence-electron chi connectivity index (χ4n) is 2.29. The summed E-state index contributed by atoms with van der Waals surface area (Å²) in [5.74, 6) is -0.445. The molecule has 2 rings (SSSR count). The minimum absolute atomic E-state index is 0.0653. The molecule has 0 saturated heterocycles. The number of anilines is 1. The first-order valence-corrected chi connectivity index (χ1v) is 10.1. The van der Waals surface area contributed by atoms with Gasteiger partial charge in [-0.2, -0.15) is 0 Å². The van der Waals surface area contributed by atoms with Crippen molar-refractivity contribution in [3.63, 3.8) is 0 Å². The van der Waals surface area contributed by atoms with Crippen LogP contribution in [0.4, 0.5) is 5.69 Å². The molecule has 156 valence electrons. The highest BCUT2D eigenvalue weighted by Crippen LogP contribution is 2.29. The Bertz CT molecular complexity index is 986. The number of nitrogens with one attached hydrogen (secondary N) is 1. The van der Waals surface area contributed by atoms with Crippen molar-refractivity contribution in [2.45, 2.75) is 24.8 Å². The van der Waals surface area contributed by atoms with Crippen molar-refractivity contribution in [1.29, 1.82) is 0 Å². The molecule has 0 aliphatic heterocycles. The van der Waals surface area contributed by atoms with Crippen LogP contribution in [0.25, 0.3) is 0 Å². The minimum Gasteiger partial charge on any atom is -0.493 e. The Morgan fingerprint density at radius 1 is 1.07 bits per heavy atom. The molecule has 0 spiro atoms. The maximum absolute atomic E-state index is 12.2. The van der Waals surface area contributed by atoms with E-state index >= 15 is 0 Å². The molecule has 0 bridgehead atoms. The summed E-state index contributed by atoms with van der Waals surface area (Å²) in [5.41, 5.74) is 0.526. The second-order valence-electron chi connectivity index (χ2n) is 6.23. The molecule has 0 heterocycles. The molecule has 1 amide bonds. The fraction of sp³-hybridized carbons (Fsp3) is 0.263. The largest absolute Gasteiger partial charge is 0.493 e. The second-order valence-corrected chi connectivity index (χ2v) is 7.79. The molecule has 3 N–H and O–H groups in total. The Morgan fingerprint density at radius 2 is 1.72 bits per heavy atom. The Labute approximate surface area is 168 Å². The van der Waals surface area contributed by atoms with Crippen LogP contribution in [0.2, 0.25) is 0 Å². The Kier molecular flexibility index (Phi) is 7.18. The number of rotatable bonds is 8. The third-order valence-corrected chi connectivity index (χ3v) is 4.49. The highest BCUT2D eigenvalue weighted by atomic mass is 32.2. The number of hydrogen-bond acceptors (Lipinski definition) is 7. The molecule has 2 aromatic rings. The monoisotopic (exact) mass is 422 g/mol. The van der Waals surface area contributed by atoms with E-state index in [4.69, 9.17) is 19.3 Å². The zero-order valence-corrected chi connectivity index (χ0v) is 17.0. The topological polar surface area (TPSA) is 134 Å². The maximum atomic E-state index is 12.2. The second kappa shape index (κ2) is 9.39. The van der Waals surface area contributed by atoms with Crippen molar-refractivity contribution < 1.29 is 32.2 Å². The van der Waals surface area contributed by atoms with Crippen molar-refractivity contribution in [1.82, 2.24) is 0 Å². The number of primary sulfonamides is 1. The van der Waals surface area contributed by atoms with Crippen LogP contribution < -0.4 is 19.9 Å². The van der Waals surface area contributed by atoms with Gasteiger partial charge in [-0.3, -0.25) is 4.79 Å². The SMILES string of the molecule is COc1cc(C(=O)OCC(=O)Nc2ccc(S(N)(=O)=O)cc2)ccc1OC(C)C. The molecule has 0 saturated carbocycles. The maximum Gasteiger partial charge on any atom is 0.338 e. The third-order valence-electron chi connectivity index (χ3n) is 3.56. The van der Waals surface area contributed by atoms with Gasteiger partial charge in [-0.25, -0.2) is 18.4 Å². The molecule has 10 heteroatoms. The number of benzene rings is 2. The van der Waals surface area contributed by atoms with Gasteiger partial charge in [0.05, 0.1) is 23.7 Å².